The third-order valence-electron chi connectivity index (χ3n) is 4.32. The van der Waals surface area contributed by atoms with Gasteiger partial charge in [-0.25, -0.2) is 0 Å². The Morgan fingerprint density at radius 1 is 1.44 bits per heavy atom. The van der Waals surface area contributed by atoms with Crippen molar-refractivity contribution < 1.29 is 18.8 Å². The number of hydrogen-bond donors (Lipinski definition) is 1. The Morgan fingerprint density at radius 3 is 3.12 bits per heavy atom. The first-order valence-corrected chi connectivity index (χ1v) is 8.17. The van der Waals surface area contributed by atoms with E-state index in [4.69, 9.17) is 9.26 Å². The predicted octanol–water partition coefficient (Wildman–Crippen LogP) is 0.133. The van der Waals surface area contributed by atoms with E-state index in [0.717, 1.165) is 12.8 Å². The fraction of sp³-hybridized carbons (Fsp3) is 0.533. The van der Waals surface area contributed by atoms with Crippen molar-refractivity contribution in [2.45, 2.75) is 32.0 Å². The number of rotatable bonds is 4. The highest BCUT2D eigenvalue weighted by Crippen LogP contribution is 2.26. The fourth-order valence-corrected chi connectivity index (χ4v) is 2.90. The number of fused-ring (bicyclic) bond motifs is 1. The van der Waals surface area contributed by atoms with Crippen LogP contribution in [-0.4, -0.2) is 56.8 Å². The Hall–Kier alpha value is -2.75. The van der Waals surface area contributed by atoms with E-state index in [2.05, 4.69) is 20.6 Å². The van der Waals surface area contributed by atoms with Gasteiger partial charge in [-0.1, -0.05) is 5.16 Å². The van der Waals surface area contributed by atoms with Crippen LogP contribution in [0.2, 0.25) is 0 Å². The van der Waals surface area contributed by atoms with Gasteiger partial charge in [0, 0.05) is 26.3 Å². The quantitative estimate of drug-likeness (QED) is 0.837. The highest BCUT2D eigenvalue weighted by atomic mass is 16.5. The average Bonchev–Trinajstić information content (AvgIpc) is 3.35. The molecule has 10 heteroatoms. The fourth-order valence-electron chi connectivity index (χ4n) is 2.90. The normalized spacial score (nSPS) is 20.0. The minimum atomic E-state index is -0.388. The van der Waals surface area contributed by atoms with E-state index in [1.165, 1.54) is 6.07 Å². The van der Waals surface area contributed by atoms with Crippen molar-refractivity contribution in [2.24, 2.45) is 0 Å². The summed E-state index contributed by atoms with van der Waals surface area (Å²) < 4.78 is 12.2. The monoisotopic (exact) mass is 346 g/mol. The maximum atomic E-state index is 12.3. The van der Waals surface area contributed by atoms with Gasteiger partial charge in [-0.15, -0.1) is 0 Å². The largest absolute Gasteiger partial charge is 0.368 e. The molecule has 0 aromatic carbocycles. The van der Waals surface area contributed by atoms with Crippen molar-refractivity contribution in [1.29, 1.82) is 0 Å². The van der Waals surface area contributed by atoms with E-state index in [9.17, 15) is 9.59 Å². The Labute approximate surface area is 143 Å². The summed E-state index contributed by atoms with van der Waals surface area (Å²) in [6.45, 7) is 1.95. The van der Waals surface area contributed by atoms with Crippen LogP contribution in [0, 0.1) is 0 Å². The van der Waals surface area contributed by atoms with Crippen LogP contribution in [0.5, 0.6) is 0 Å². The molecule has 10 nitrogen and oxygen atoms in total. The molecule has 0 bridgehead atoms. The van der Waals surface area contributed by atoms with Crippen molar-refractivity contribution in [2.75, 3.05) is 20.2 Å². The number of hydrogen-bond acceptors (Lipinski definition) is 7. The van der Waals surface area contributed by atoms with Gasteiger partial charge in [0.2, 0.25) is 0 Å². The molecular weight excluding hydrogens is 328 g/mol. The molecule has 2 amide bonds. The third kappa shape index (κ3) is 3.00. The van der Waals surface area contributed by atoms with Crippen molar-refractivity contribution in [3.05, 3.63) is 29.2 Å². The lowest BCUT2D eigenvalue weighted by Gasteiger charge is -2.22. The molecule has 25 heavy (non-hydrogen) atoms. The smallest absolute Gasteiger partial charge is 0.272 e. The summed E-state index contributed by atoms with van der Waals surface area (Å²) in [5.74, 6) is 0.282. The molecule has 2 aliphatic heterocycles. The first kappa shape index (κ1) is 15.8. The minimum absolute atomic E-state index is 0.116. The SMILES string of the molecule is CN1CCn2nc(C(=O)NCc3noc(C4CCCO4)n3)cc2C1=O. The zero-order valence-electron chi connectivity index (χ0n) is 13.8. The van der Waals surface area contributed by atoms with E-state index in [1.807, 2.05) is 0 Å². The van der Waals surface area contributed by atoms with Crippen LogP contribution >= 0.6 is 0 Å². The average molecular weight is 346 g/mol. The van der Waals surface area contributed by atoms with Gasteiger partial charge in [0.1, 0.15) is 11.8 Å². The first-order valence-electron chi connectivity index (χ1n) is 8.17. The molecule has 4 heterocycles. The lowest BCUT2D eigenvalue weighted by Crippen LogP contribution is -2.37. The number of aromatic nitrogens is 4. The highest BCUT2D eigenvalue weighted by Gasteiger charge is 2.26. The van der Waals surface area contributed by atoms with Crippen molar-refractivity contribution in [1.82, 2.24) is 30.1 Å². The maximum absolute atomic E-state index is 12.3. The van der Waals surface area contributed by atoms with E-state index in [0.29, 0.717) is 37.1 Å². The Morgan fingerprint density at radius 2 is 2.32 bits per heavy atom. The highest BCUT2D eigenvalue weighted by molar-refractivity contribution is 5.98. The second kappa shape index (κ2) is 6.28. The van der Waals surface area contributed by atoms with Gasteiger partial charge >= 0.3 is 0 Å². The van der Waals surface area contributed by atoms with Gasteiger partial charge < -0.3 is 19.5 Å². The van der Waals surface area contributed by atoms with Gasteiger partial charge in [0.05, 0.1) is 13.1 Å². The molecule has 4 rings (SSSR count). The summed E-state index contributed by atoms with van der Waals surface area (Å²) >= 11 is 0. The summed E-state index contributed by atoms with van der Waals surface area (Å²) in [6, 6.07) is 1.50. The second-order valence-electron chi connectivity index (χ2n) is 6.10. The molecule has 2 aromatic heterocycles. The molecule has 1 N–H and O–H groups in total. The number of carbonyl (C=O) groups excluding carboxylic acids is 2. The van der Waals surface area contributed by atoms with Crippen LogP contribution < -0.4 is 5.32 Å². The molecule has 1 unspecified atom stereocenters. The van der Waals surface area contributed by atoms with Gasteiger partial charge in [-0.3, -0.25) is 14.3 Å². The number of amides is 2. The van der Waals surface area contributed by atoms with Crippen LogP contribution in [0.15, 0.2) is 10.6 Å². The molecule has 1 atom stereocenters. The van der Waals surface area contributed by atoms with Crippen LogP contribution in [0.3, 0.4) is 0 Å². The van der Waals surface area contributed by atoms with E-state index in [-0.39, 0.29) is 30.2 Å². The summed E-state index contributed by atoms with van der Waals surface area (Å²) in [5.41, 5.74) is 0.612. The molecule has 2 aromatic rings. The van der Waals surface area contributed by atoms with Crippen molar-refractivity contribution in [3.8, 4) is 0 Å². The lowest BCUT2D eigenvalue weighted by atomic mass is 10.2. The minimum Gasteiger partial charge on any atom is -0.368 e. The summed E-state index contributed by atoms with van der Waals surface area (Å²) in [7, 11) is 1.72. The third-order valence-corrected chi connectivity index (χ3v) is 4.32. The van der Waals surface area contributed by atoms with Gasteiger partial charge in [0.25, 0.3) is 17.7 Å². The lowest BCUT2D eigenvalue weighted by molar-refractivity contribution is 0.0742. The van der Waals surface area contributed by atoms with E-state index in [1.54, 1.807) is 16.6 Å². The van der Waals surface area contributed by atoms with Crippen LogP contribution in [0.25, 0.3) is 0 Å². The van der Waals surface area contributed by atoms with Gasteiger partial charge in [0.15, 0.2) is 11.5 Å². The summed E-state index contributed by atoms with van der Waals surface area (Å²) in [6.07, 6.45) is 1.68. The number of nitrogens with zero attached hydrogens (tertiary/aromatic N) is 5. The molecule has 0 spiro atoms. The van der Waals surface area contributed by atoms with Crippen LogP contribution in [0.1, 0.15) is 51.6 Å². The number of likely N-dealkylation sites (N-methyl/N-ethyl adjacent to an activating group) is 1. The Bertz CT molecular complexity index is 807. The van der Waals surface area contributed by atoms with E-state index >= 15 is 0 Å². The van der Waals surface area contributed by atoms with Crippen LogP contribution in [0.4, 0.5) is 0 Å². The second-order valence-corrected chi connectivity index (χ2v) is 6.10. The predicted molar refractivity (Wildman–Crippen MR) is 82.6 cm³/mol. The first-order chi connectivity index (χ1) is 12.1. The molecular formula is C15H18N6O4. The maximum Gasteiger partial charge on any atom is 0.272 e. The molecule has 0 aliphatic carbocycles. The zero-order chi connectivity index (χ0) is 17.4. The number of ether oxygens (including phenoxy) is 1. The molecule has 0 saturated carbocycles. The Balaban J connectivity index is 1.39. The number of carbonyl (C=O) groups is 2. The molecule has 1 saturated heterocycles. The number of nitrogens with one attached hydrogen (secondary N) is 1. The molecule has 0 radical (unpaired) electrons. The Kier molecular flexibility index (Phi) is 3.96. The van der Waals surface area contributed by atoms with E-state index < -0.39 is 0 Å². The van der Waals surface area contributed by atoms with Crippen molar-refractivity contribution in [3.63, 3.8) is 0 Å². The molecule has 132 valence electrons. The standard InChI is InChI=1S/C15H18N6O4/c1-20-4-5-21-10(15(20)23)7-9(18-21)13(22)16-8-12-17-14(25-19-12)11-3-2-6-24-11/h7,11H,2-6,8H2,1H3,(H,16,22). The molecule has 1 fully saturated rings. The van der Waals surface area contributed by atoms with Crippen molar-refractivity contribution >= 4 is 11.8 Å². The molecule has 2 aliphatic rings. The van der Waals surface area contributed by atoms with Gasteiger partial charge in [-0.05, 0) is 12.8 Å². The zero-order valence-corrected chi connectivity index (χ0v) is 13.8. The summed E-state index contributed by atoms with van der Waals surface area (Å²) in [4.78, 5) is 30.2. The van der Waals surface area contributed by atoms with Gasteiger partial charge in [-0.2, -0.15) is 10.1 Å². The van der Waals surface area contributed by atoms with Crippen LogP contribution in [-0.2, 0) is 17.8 Å². The topological polar surface area (TPSA) is 115 Å². The summed E-state index contributed by atoms with van der Waals surface area (Å²) in [5, 5.41) is 10.7.